The molecule has 0 saturated carbocycles. The van der Waals surface area contributed by atoms with Crippen molar-refractivity contribution in [2.45, 2.75) is 51.2 Å². The largest absolute Gasteiger partial charge is 0.491 e. The summed E-state index contributed by atoms with van der Waals surface area (Å²) in [5, 5.41) is 8.94. The average molecular weight is 436 g/mol. The molecule has 1 aliphatic rings. The van der Waals surface area contributed by atoms with Crippen LogP contribution in [-0.2, 0) is 11.2 Å². The van der Waals surface area contributed by atoms with Gasteiger partial charge in [0.15, 0.2) is 0 Å². The van der Waals surface area contributed by atoms with E-state index < -0.39 is 0 Å². The van der Waals surface area contributed by atoms with Crippen LogP contribution < -0.4 is 9.64 Å². The lowest BCUT2D eigenvalue weighted by molar-refractivity contribution is -0.0607. The Morgan fingerprint density at radius 3 is 2.28 bits per heavy atom. The van der Waals surface area contributed by atoms with Crippen molar-refractivity contribution < 1.29 is 9.47 Å². The molecule has 5 heteroatoms. The van der Waals surface area contributed by atoms with Crippen LogP contribution in [0.3, 0.4) is 0 Å². The fraction of sp³-hybridized carbons (Fsp3) is 0.519. The monoisotopic (exact) mass is 435 g/mol. The van der Waals surface area contributed by atoms with Crippen LogP contribution in [0, 0.1) is 11.3 Å². The lowest BCUT2D eigenvalue weighted by Crippen LogP contribution is -2.47. The molecular formula is C27H37N3O2. The number of hydrogen-bond donors (Lipinski definition) is 0. The number of nitriles is 1. The molecule has 2 aromatic rings. The molecule has 0 unspecified atom stereocenters. The van der Waals surface area contributed by atoms with E-state index in [1.54, 1.807) is 0 Å². The topological polar surface area (TPSA) is 48.7 Å². The predicted molar refractivity (Wildman–Crippen MR) is 130 cm³/mol. The highest BCUT2D eigenvalue weighted by atomic mass is 16.5. The molecule has 32 heavy (non-hydrogen) atoms. The molecule has 0 radical (unpaired) electrons. The Hall–Kier alpha value is -2.55. The van der Waals surface area contributed by atoms with Crippen LogP contribution in [0.2, 0.25) is 0 Å². The van der Waals surface area contributed by atoms with Crippen LogP contribution in [0.4, 0.5) is 5.69 Å². The Balaban J connectivity index is 1.45. The summed E-state index contributed by atoms with van der Waals surface area (Å²) in [5.41, 5.74) is 3.17. The summed E-state index contributed by atoms with van der Waals surface area (Å²) < 4.78 is 11.8. The Morgan fingerprint density at radius 2 is 1.72 bits per heavy atom. The molecule has 0 N–H and O–H groups in total. The Kier molecular flexibility index (Phi) is 8.55. The number of hydrogen-bond acceptors (Lipinski definition) is 5. The minimum Gasteiger partial charge on any atom is -0.491 e. The number of benzene rings is 2. The Bertz CT molecular complexity index is 863. The highest BCUT2D eigenvalue weighted by Gasteiger charge is 2.34. The molecule has 0 atom stereocenters. The van der Waals surface area contributed by atoms with Crippen molar-refractivity contribution >= 4 is 5.69 Å². The van der Waals surface area contributed by atoms with Gasteiger partial charge in [-0.2, -0.15) is 5.26 Å². The Labute approximate surface area is 193 Å². The van der Waals surface area contributed by atoms with Crippen LogP contribution >= 0.6 is 0 Å². The minimum absolute atomic E-state index is 0.0418. The molecule has 5 nitrogen and oxygen atoms in total. The van der Waals surface area contributed by atoms with Crippen LogP contribution in [0.1, 0.15) is 44.2 Å². The molecular weight excluding hydrogens is 398 g/mol. The van der Waals surface area contributed by atoms with Gasteiger partial charge in [0.1, 0.15) is 5.75 Å². The van der Waals surface area contributed by atoms with Crippen molar-refractivity contribution in [1.82, 2.24) is 4.90 Å². The SMILES string of the molecule is COC1(CCN(C)c2ccc(OC(C)C)cc2)CCN(CCc2ccc(C#N)cc2)CC1. The first-order valence-electron chi connectivity index (χ1n) is 11.7. The first-order valence-corrected chi connectivity index (χ1v) is 11.7. The van der Waals surface area contributed by atoms with Gasteiger partial charge in [-0.15, -0.1) is 0 Å². The van der Waals surface area contributed by atoms with Gasteiger partial charge < -0.3 is 19.3 Å². The minimum atomic E-state index is -0.0418. The zero-order chi connectivity index (χ0) is 23.0. The first kappa shape index (κ1) is 24.1. The van der Waals surface area contributed by atoms with Crippen LogP contribution in [0.25, 0.3) is 0 Å². The average Bonchev–Trinajstić information content (AvgIpc) is 2.82. The van der Waals surface area contributed by atoms with Gasteiger partial charge in [0.25, 0.3) is 0 Å². The summed E-state index contributed by atoms with van der Waals surface area (Å²) >= 11 is 0. The van der Waals surface area contributed by atoms with Gasteiger partial charge in [-0.05, 0) is 81.5 Å². The van der Waals surface area contributed by atoms with Gasteiger partial charge in [0, 0.05) is 46.0 Å². The summed E-state index contributed by atoms with van der Waals surface area (Å²) in [6.07, 6.45) is 4.35. The van der Waals surface area contributed by atoms with Gasteiger partial charge in [-0.1, -0.05) is 12.1 Å². The van der Waals surface area contributed by atoms with Crippen LogP contribution in [0.15, 0.2) is 48.5 Å². The maximum atomic E-state index is 8.94. The zero-order valence-electron chi connectivity index (χ0n) is 20.0. The van der Waals surface area contributed by atoms with Crippen molar-refractivity contribution in [1.29, 1.82) is 5.26 Å². The van der Waals surface area contributed by atoms with E-state index in [1.165, 1.54) is 11.3 Å². The van der Waals surface area contributed by atoms with Crippen LogP contribution in [0.5, 0.6) is 5.75 Å². The zero-order valence-corrected chi connectivity index (χ0v) is 20.0. The van der Waals surface area contributed by atoms with Gasteiger partial charge in [0.05, 0.1) is 23.3 Å². The lowest BCUT2D eigenvalue weighted by Gasteiger charge is -2.42. The smallest absolute Gasteiger partial charge is 0.119 e. The number of nitrogens with zero attached hydrogens (tertiary/aromatic N) is 3. The number of ether oxygens (including phenoxy) is 2. The molecule has 1 fully saturated rings. The molecule has 0 aliphatic carbocycles. The molecule has 3 rings (SSSR count). The maximum absolute atomic E-state index is 8.94. The molecule has 0 bridgehead atoms. The van der Waals surface area contributed by atoms with E-state index in [9.17, 15) is 0 Å². The highest BCUT2D eigenvalue weighted by molar-refractivity contribution is 5.48. The quantitative estimate of drug-likeness (QED) is 0.531. The molecule has 1 saturated heterocycles. The van der Waals surface area contributed by atoms with E-state index in [1.807, 2.05) is 45.2 Å². The highest BCUT2D eigenvalue weighted by Crippen LogP contribution is 2.30. The third-order valence-electron chi connectivity index (χ3n) is 6.55. The second kappa shape index (κ2) is 11.4. The third kappa shape index (κ3) is 6.72. The number of likely N-dealkylation sites (tertiary alicyclic amines) is 1. The van der Waals surface area contributed by atoms with Crippen molar-refractivity contribution in [3.8, 4) is 11.8 Å². The fourth-order valence-corrected chi connectivity index (χ4v) is 4.33. The van der Waals surface area contributed by atoms with E-state index >= 15 is 0 Å². The number of rotatable bonds is 10. The number of anilines is 1. The molecule has 1 heterocycles. The summed E-state index contributed by atoms with van der Waals surface area (Å²) in [5.74, 6) is 0.916. The summed E-state index contributed by atoms with van der Waals surface area (Å²) in [7, 11) is 4.01. The van der Waals surface area contributed by atoms with Gasteiger partial charge in [-0.25, -0.2) is 0 Å². The van der Waals surface area contributed by atoms with E-state index in [2.05, 4.69) is 47.2 Å². The molecule has 0 amide bonds. The van der Waals surface area contributed by atoms with E-state index in [0.717, 1.165) is 63.2 Å². The van der Waals surface area contributed by atoms with Gasteiger partial charge >= 0.3 is 0 Å². The fourth-order valence-electron chi connectivity index (χ4n) is 4.33. The summed E-state index contributed by atoms with van der Waals surface area (Å²) in [4.78, 5) is 4.84. The van der Waals surface area contributed by atoms with Crippen molar-refractivity contribution in [2.24, 2.45) is 0 Å². The predicted octanol–water partition coefficient (Wildman–Crippen LogP) is 4.90. The van der Waals surface area contributed by atoms with Gasteiger partial charge in [0.2, 0.25) is 0 Å². The second-order valence-corrected chi connectivity index (χ2v) is 9.12. The molecule has 1 aliphatic heterocycles. The van der Waals surface area contributed by atoms with E-state index in [0.29, 0.717) is 0 Å². The molecule has 0 aromatic heterocycles. The summed E-state index contributed by atoms with van der Waals surface area (Å²) in [6.45, 7) is 8.23. The normalized spacial score (nSPS) is 16.0. The molecule has 2 aromatic carbocycles. The number of piperidine rings is 1. The molecule has 172 valence electrons. The van der Waals surface area contributed by atoms with Crippen molar-refractivity contribution in [3.05, 3.63) is 59.7 Å². The second-order valence-electron chi connectivity index (χ2n) is 9.12. The number of methoxy groups -OCH3 is 1. The third-order valence-corrected chi connectivity index (χ3v) is 6.55. The first-order chi connectivity index (χ1) is 15.4. The van der Waals surface area contributed by atoms with E-state index in [-0.39, 0.29) is 11.7 Å². The summed E-state index contributed by atoms with van der Waals surface area (Å²) in [6, 6.07) is 18.5. The maximum Gasteiger partial charge on any atom is 0.119 e. The Morgan fingerprint density at radius 1 is 1.06 bits per heavy atom. The van der Waals surface area contributed by atoms with E-state index in [4.69, 9.17) is 14.7 Å². The van der Waals surface area contributed by atoms with Crippen molar-refractivity contribution in [2.75, 3.05) is 45.2 Å². The van der Waals surface area contributed by atoms with Crippen LogP contribution in [-0.4, -0.2) is 56.9 Å². The molecule has 0 spiro atoms. The van der Waals surface area contributed by atoms with Crippen molar-refractivity contribution in [3.63, 3.8) is 0 Å². The standard InChI is InChI=1S/C27H37N3O2/c1-22(2)32-26-11-9-25(10-12-26)29(3)18-14-27(31-4)15-19-30(20-16-27)17-13-23-5-7-24(21-28)8-6-23/h5-12,22H,13-20H2,1-4H3. The van der Waals surface area contributed by atoms with Gasteiger partial charge in [-0.3, -0.25) is 0 Å². The lowest BCUT2D eigenvalue weighted by atomic mass is 9.87.